The number of sulfonamides is 1. The van der Waals surface area contributed by atoms with Gasteiger partial charge in [0.2, 0.25) is 21.9 Å². The summed E-state index contributed by atoms with van der Waals surface area (Å²) in [5, 5.41) is 12.8. The predicted molar refractivity (Wildman–Crippen MR) is 113 cm³/mol. The molecule has 3 N–H and O–H groups in total. The zero-order valence-electron chi connectivity index (χ0n) is 16.8. The molecule has 1 heterocycles. The van der Waals surface area contributed by atoms with Gasteiger partial charge >= 0.3 is 0 Å². The highest BCUT2D eigenvalue weighted by atomic mass is 32.2. The topological polar surface area (TPSA) is 117 Å². The van der Waals surface area contributed by atoms with E-state index in [0.29, 0.717) is 17.5 Å². The largest absolute Gasteiger partial charge is 0.394 e. The van der Waals surface area contributed by atoms with Crippen molar-refractivity contribution in [2.24, 2.45) is 5.92 Å². The minimum Gasteiger partial charge on any atom is -0.394 e. The van der Waals surface area contributed by atoms with Gasteiger partial charge in [-0.3, -0.25) is 4.72 Å². The monoisotopic (exact) mass is 443 g/mol. The van der Waals surface area contributed by atoms with Crippen LogP contribution in [-0.4, -0.2) is 47.4 Å². The number of halogens is 1. The van der Waals surface area contributed by atoms with Crippen molar-refractivity contribution in [1.29, 1.82) is 0 Å². The molecule has 8 nitrogen and oxygen atoms in total. The van der Waals surface area contributed by atoms with Crippen molar-refractivity contribution in [2.45, 2.75) is 43.6 Å². The SMILES string of the molecule is CC(C)C[C@H](CO)Nc1nc(NS(C)(=O)=O)nc(S[C@H](C)c2ccc(F)cc2)n1. The van der Waals surface area contributed by atoms with Gasteiger partial charge in [0, 0.05) is 5.25 Å². The summed E-state index contributed by atoms with van der Waals surface area (Å²) in [7, 11) is -3.58. The Morgan fingerprint density at radius 3 is 2.28 bits per heavy atom. The van der Waals surface area contributed by atoms with Crippen LogP contribution in [0.1, 0.15) is 38.0 Å². The van der Waals surface area contributed by atoms with E-state index in [4.69, 9.17) is 0 Å². The normalized spacial score (nSPS) is 13.9. The Bertz CT molecular complexity index is 910. The molecule has 0 saturated carbocycles. The molecule has 0 fully saturated rings. The lowest BCUT2D eigenvalue weighted by Gasteiger charge is -2.19. The van der Waals surface area contributed by atoms with Gasteiger partial charge in [-0.05, 0) is 37.0 Å². The predicted octanol–water partition coefficient (Wildman–Crippen LogP) is 3.05. The van der Waals surface area contributed by atoms with Crippen LogP contribution < -0.4 is 10.0 Å². The van der Waals surface area contributed by atoms with Crippen LogP contribution in [0.4, 0.5) is 16.3 Å². The van der Waals surface area contributed by atoms with Crippen LogP contribution in [0.3, 0.4) is 0 Å². The number of nitrogens with zero attached hydrogens (tertiary/aromatic N) is 3. The number of hydrogen-bond acceptors (Lipinski definition) is 8. The Kier molecular flexibility index (Phi) is 8.17. The molecular weight excluding hydrogens is 417 g/mol. The molecule has 2 atom stereocenters. The van der Waals surface area contributed by atoms with Crippen molar-refractivity contribution < 1.29 is 17.9 Å². The Labute approximate surface area is 174 Å². The first-order valence-corrected chi connectivity index (χ1v) is 11.9. The smallest absolute Gasteiger partial charge is 0.242 e. The number of nitrogens with one attached hydrogen (secondary N) is 2. The number of aliphatic hydroxyl groups excluding tert-OH is 1. The van der Waals surface area contributed by atoms with Crippen LogP contribution >= 0.6 is 11.8 Å². The quantitative estimate of drug-likeness (QED) is 0.480. The minimum atomic E-state index is -3.58. The summed E-state index contributed by atoms with van der Waals surface area (Å²) in [5.74, 6) is 0.0691. The summed E-state index contributed by atoms with van der Waals surface area (Å²) >= 11 is 1.28. The molecule has 0 amide bonds. The highest BCUT2D eigenvalue weighted by Crippen LogP contribution is 2.33. The average Bonchev–Trinajstić information content (AvgIpc) is 2.59. The van der Waals surface area contributed by atoms with Gasteiger partial charge in [0.05, 0.1) is 18.9 Å². The van der Waals surface area contributed by atoms with E-state index in [-0.39, 0.29) is 35.6 Å². The van der Waals surface area contributed by atoms with Gasteiger partial charge in [-0.15, -0.1) is 0 Å². The molecule has 0 aliphatic heterocycles. The molecule has 0 aliphatic rings. The molecule has 2 aromatic rings. The molecular formula is C18H26FN5O3S2. The standard InChI is InChI=1S/C18H26FN5O3S2/c1-11(2)9-15(10-25)20-16-21-17(24-29(4,26)27)23-18(22-16)28-12(3)13-5-7-14(19)8-6-13/h5-8,11-12,15,25H,9-10H2,1-4H3,(H2,20,21,22,23,24)/t12-,15-/m1/s1. The fraction of sp³-hybridized carbons (Fsp3) is 0.500. The maximum atomic E-state index is 13.2. The number of benzene rings is 1. The van der Waals surface area contributed by atoms with Gasteiger partial charge in [0.15, 0.2) is 5.16 Å². The summed E-state index contributed by atoms with van der Waals surface area (Å²) in [6.45, 7) is 5.85. The van der Waals surface area contributed by atoms with Crippen LogP contribution in [0, 0.1) is 11.7 Å². The van der Waals surface area contributed by atoms with Gasteiger partial charge in [-0.1, -0.05) is 37.7 Å². The first-order chi connectivity index (χ1) is 13.6. The minimum absolute atomic E-state index is 0.110. The molecule has 0 unspecified atom stereocenters. The third kappa shape index (κ3) is 8.11. The van der Waals surface area contributed by atoms with E-state index in [1.165, 1.54) is 23.9 Å². The van der Waals surface area contributed by atoms with Gasteiger partial charge in [-0.2, -0.15) is 15.0 Å². The lowest BCUT2D eigenvalue weighted by atomic mass is 10.0. The fourth-order valence-corrected chi connectivity index (χ4v) is 3.89. The van der Waals surface area contributed by atoms with Crippen LogP contribution in [0.15, 0.2) is 29.4 Å². The third-order valence-corrected chi connectivity index (χ3v) is 5.40. The summed E-state index contributed by atoms with van der Waals surface area (Å²) in [5.41, 5.74) is 0.872. The van der Waals surface area contributed by atoms with Crippen molar-refractivity contribution in [3.8, 4) is 0 Å². The number of thioether (sulfide) groups is 1. The first kappa shape index (κ1) is 23.3. The molecule has 11 heteroatoms. The molecule has 1 aromatic carbocycles. The van der Waals surface area contributed by atoms with E-state index < -0.39 is 10.0 Å². The number of rotatable bonds is 10. The average molecular weight is 444 g/mol. The van der Waals surface area contributed by atoms with E-state index in [1.807, 2.05) is 20.8 Å². The van der Waals surface area contributed by atoms with E-state index >= 15 is 0 Å². The van der Waals surface area contributed by atoms with Gasteiger partial charge in [0.25, 0.3) is 0 Å². The molecule has 0 bridgehead atoms. The lowest BCUT2D eigenvalue weighted by Crippen LogP contribution is -2.27. The number of anilines is 2. The van der Waals surface area contributed by atoms with Crippen LogP contribution in [0.2, 0.25) is 0 Å². The highest BCUT2D eigenvalue weighted by molar-refractivity contribution is 7.99. The second kappa shape index (κ2) is 10.2. The molecule has 1 aromatic heterocycles. The Morgan fingerprint density at radius 2 is 1.72 bits per heavy atom. The molecule has 160 valence electrons. The maximum absolute atomic E-state index is 13.2. The van der Waals surface area contributed by atoms with Crippen molar-refractivity contribution in [2.75, 3.05) is 22.9 Å². The van der Waals surface area contributed by atoms with Crippen LogP contribution in [0.25, 0.3) is 0 Å². The van der Waals surface area contributed by atoms with E-state index in [1.54, 1.807) is 12.1 Å². The third-order valence-electron chi connectivity index (χ3n) is 3.82. The van der Waals surface area contributed by atoms with Crippen molar-refractivity contribution in [3.63, 3.8) is 0 Å². The van der Waals surface area contributed by atoms with Crippen molar-refractivity contribution >= 4 is 33.7 Å². The molecule has 0 radical (unpaired) electrons. The zero-order chi connectivity index (χ0) is 21.6. The van der Waals surface area contributed by atoms with Gasteiger partial charge < -0.3 is 10.4 Å². The van der Waals surface area contributed by atoms with Crippen LogP contribution in [-0.2, 0) is 10.0 Å². The molecule has 29 heavy (non-hydrogen) atoms. The maximum Gasteiger partial charge on any atom is 0.242 e. The highest BCUT2D eigenvalue weighted by Gasteiger charge is 2.17. The van der Waals surface area contributed by atoms with Crippen molar-refractivity contribution in [3.05, 3.63) is 35.6 Å². The zero-order valence-corrected chi connectivity index (χ0v) is 18.4. The Hall–Kier alpha value is -1.98. The van der Waals surface area contributed by atoms with Crippen LogP contribution in [0.5, 0.6) is 0 Å². The molecule has 2 rings (SSSR count). The summed E-state index contributed by atoms with van der Waals surface area (Å²) < 4.78 is 38.6. The van der Waals surface area contributed by atoms with Gasteiger partial charge in [0.1, 0.15) is 5.82 Å². The second-order valence-corrected chi connectivity index (χ2v) is 10.2. The Balaban J connectivity index is 2.29. The van der Waals surface area contributed by atoms with E-state index in [9.17, 15) is 17.9 Å². The lowest BCUT2D eigenvalue weighted by molar-refractivity contribution is 0.259. The molecule has 0 saturated heterocycles. The second-order valence-electron chi connectivity index (χ2n) is 7.10. The molecule has 0 aliphatic carbocycles. The van der Waals surface area contributed by atoms with Gasteiger partial charge in [-0.25, -0.2) is 12.8 Å². The van der Waals surface area contributed by atoms with Crippen molar-refractivity contribution in [1.82, 2.24) is 15.0 Å². The van der Waals surface area contributed by atoms with E-state index in [2.05, 4.69) is 25.0 Å². The Morgan fingerprint density at radius 1 is 1.10 bits per heavy atom. The molecule has 0 spiro atoms. The summed E-state index contributed by atoms with van der Waals surface area (Å²) in [4.78, 5) is 12.6. The summed E-state index contributed by atoms with van der Waals surface area (Å²) in [6, 6.07) is 5.82. The van der Waals surface area contributed by atoms with E-state index in [0.717, 1.165) is 11.8 Å². The first-order valence-electron chi connectivity index (χ1n) is 9.09. The summed E-state index contributed by atoms with van der Waals surface area (Å²) in [6.07, 6.45) is 1.69. The number of aliphatic hydroxyl groups is 1. The fourth-order valence-electron chi connectivity index (χ4n) is 2.58. The number of hydrogen-bond donors (Lipinski definition) is 3. The number of aromatic nitrogens is 3.